The minimum absolute atomic E-state index is 0.192. The maximum Gasteiger partial charge on any atom is 0.251 e. The lowest BCUT2D eigenvalue weighted by atomic mass is 10.0. The van der Waals surface area contributed by atoms with Crippen molar-refractivity contribution in [2.24, 2.45) is 0 Å². The summed E-state index contributed by atoms with van der Waals surface area (Å²) in [4.78, 5) is 29.3. The molecule has 0 aliphatic carbocycles. The van der Waals surface area contributed by atoms with E-state index in [9.17, 15) is 9.18 Å². The molecule has 0 saturated heterocycles. The van der Waals surface area contributed by atoms with Crippen molar-refractivity contribution in [2.75, 3.05) is 7.05 Å². The monoisotopic (exact) mass is 281 g/mol. The molecule has 0 aromatic heterocycles. The highest BCUT2D eigenvalue weighted by atomic mass is 31.2. The number of hydrogen-bond donors (Lipinski definition) is 3. The number of halogens is 1. The summed E-state index contributed by atoms with van der Waals surface area (Å²) >= 11 is 0. The van der Waals surface area contributed by atoms with Crippen molar-refractivity contribution in [3.05, 3.63) is 47.5 Å². The first-order chi connectivity index (χ1) is 9.02. The summed E-state index contributed by atoms with van der Waals surface area (Å²) in [6, 6.07) is 9.80. The number of benzene rings is 2. The topological polar surface area (TPSA) is 69.6 Å². The third kappa shape index (κ3) is 2.89. The molecule has 0 saturated carbocycles. The number of rotatable bonds is 3. The molecular formula is C13H13FNO3P. The molecule has 0 heterocycles. The molecule has 19 heavy (non-hydrogen) atoms. The Morgan fingerprint density at radius 2 is 1.89 bits per heavy atom. The third-order valence-electron chi connectivity index (χ3n) is 2.83. The van der Waals surface area contributed by atoms with Crippen molar-refractivity contribution in [1.29, 1.82) is 0 Å². The maximum absolute atomic E-state index is 13.6. The molecule has 0 spiro atoms. The predicted molar refractivity (Wildman–Crippen MR) is 72.5 cm³/mol. The van der Waals surface area contributed by atoms with E-state index in [4.69, 9.17) is 9.79 Å². The van der Waals surface area contributed by atoms with E-state index in [0.29, 0.717) is 10.9 Å². The lowest BCUT2D eigenvalue weighted by Gasteiger charge is -2.10. The average molecular weight is 281 g/mol. The number of carbonyl (C=O) groups is 1. The molecule has 0 fully saturated rings. The molecule has 100 valence electrons. The Kier molecular flexibility index (Phi) is 4.10. The summed E-state index contributed by atoms with van der Waals surface area (Å²) in [5, 5.41) is 4.04. The minimum Gasteiger partial charge on any atom is -0.355 e. The van der Waals surface area contributed by atoms with Gasteiger partial charge in [-0.3, -0.25) is 4.79 Å². The normalized spacial score (nSPS) is 12.7. The van der Waals surface area contributed by atoms with Gasteiger partial charge in [0, 0.05) is 12.6 Å². The van der Waals surface area contributed by atoms with Gasteiger partial charge in [-0.15, -0.1) is 0 Å². The second-order valence-electron chi connectivity index (χ2n) is 4.06. The average Bonchev–Trinajstić information content (AvgIpc) is 2.44. The van der Waals surface area contributed by atoms with Gasteiger partial charge in [-0.2, -0.15) is 0 Å². The smallest absolute Gasteiger partial charge is 0.251 e. The van der Waals surface area contributed by atoms with Crippen LogP contribution in [0.1, 0.15) is 21.8 Å². The maximum atomic E-state index is 13.6. The van der Waals surface area contributed by atoms with Crippen molar-refractivity contribution in [3.8, 4) is 0 Å². The minimum atomic E-state index is -2.66. The Morgan fingerprint density at radius 3 is 2.53 bits per heavy atom. The lowest BCUT2D eigenvalue weighted by molar-refractivity contribution is 0.0963. The number of nitrogens with one attached hydrogen (secondary N) is 1. The Hall–Kier alpha value is -1.55. The van der Waals surface area contributed by atoms with Gasteiger partial charge in [0.1, 0.15) is 0 Å². The predicted octanol–water partition coefficient (Wildman–Crippen LogP) is 2.46. The van der Waals surface area contributed by atoms with E-state index in [0.717, 1.165) is 5.39 Å². The van der Waals surface area contributed by atoms with Crippen LogP contribution in [0.5, 0.6) is 0 Å². The molecular weight excluding hydrogens is 268 g/mol. The van der Waals surface area contributed by atoms with E-state index in [1.807, 2.05) is 0 Å². The van der Waals surface area contributed by atoms with Crippen LogP contribution < -0.4 is 5.32 Å². The zero-order valence-electron chi connectivity index (χ0n) is 10.2. The van der Waals surface area contributed by atoms with E-state index < -0.39 is 14.3 Å². The number of amides is 1. The molecule has 6 heteroatoms. The summed E-state index contributed by atoms with van der Waals surface area (Å²) in [6.45, 7) is 0. The number of fused-ring (bicyclic) bond motifs is 1. The summed E-state index contributed by atoms with van der Waals surface area (Å²) in [7, 11) is -1.13. The second kappa shape index (κ2) is 5.61. The Morgan fingerprint density at radius 1 is 1.21 bits per heavy atom. The molecule has 1 amide bonds. The molecule has 2 rings (SSSR count). The van der Waals surface area contributed by atoms with Crippen LogP contribution in [-0.4, -0.2) is 22.7 Å². The molecule has 1 unspecified atom stereocenters. The fraction of sp³-hybridized carbons (Fsp3) is 0.154. The van der Waals surface area contributed by atoms with Crippen LogP contribution in [0, 0.1) is 0 Å². The van der Waals surface area contributed by atoms with E-state index in [1.54, 1.807) is 24.3 Å². The van der Waals surface area contributed by atoms with Crippen LogP contribution in [0.4, 0.5) is 4.39 Å². The van der Waals surface area contributed by atoms with Crippen LogP contribution in [0.2, 0.25) is 0 Å². The van der Waals surface area contributed by atoms with E-state index >= 15 is 0 Å². The van der Waals surface area contributed by atoms with Crippen molar-refractivity contribution in [1.82, 2.24) is 5.32 Å². The Labute approximate surface area is 110 Å². The van der Waals surface area contributed by atoms with Crippen molar-refractivity contribution < 1.29 is 19.0 Å². The fourth-order valence-electron chi connectivity index (χ4n) is 1.83. The highest BCUT2D eigenvalue weighted by Gasteiger charge is 2.19. The summed E-state index contributed by atoms with van der Waals surface area (Å²) < 4.78 is 13.6. The van der Waals surface area contributed by atoms with Crippen molar-refractivity contribution >= 4 is 25.1 Å². The van der Waals surface area contributed by atoms with Gasteiger partial charge in [0.2, 0.25) is 8.38 Å². The van der Waals surface area contributed by atoms with Gasteiger partial charge in [-0.1, -0.05) is 18.2 Å². The molecule has 2 aromatic rings. The first kappa shape index (κ1) is 13.9. The van der Waals surface area contributed by atoms with Crippen LogP contribution in [0.25, 0.3) is 10.8 Å². The zero-order chi connectivity index (χ0) is 14.0. The Balaban J connectivity index is 2.48. The third-order valence-corrected chi connectivity index (χ3v) is 3.54. The first-order valence-corrected chi connectivity index (χ1v) is 6.91. The van der Waals surface area contributed by atoms with Gasteiger partial charge in [-0.25, -0.2) is 4.39 Å². The van der Waals surface area contributed by atoms with E-state index in [-0.39, 0.29) is 11.5 Å². The molecule has 0 bridgehead atoms. The van der Waals surface area contributed by atoms with Gasteiger partial charge in [0.15, 0.2) is 5.91 Å². The second-order valence-corrected chi connectivity index (χ2v) is 5.15. The highest BCUT2D eigenvalue weighted by Crippen LogP contribution is 2.45. The zero-order valence-corrected chi connectivity index (χ0v) is 11.1. The molecule has 2 aromatic carbocycles. The number of hydrogen-bond acceptors (Lipinski definition) is 3. The van der Waals surface area contributed by atoms with Crippen molar-refractivity contribution in [3.63, 3.8) is 0 Å². The summed E-state index contributed by atoms with van der Waals surface area (Å²) in [6.07, 6.45) is 0. The SMILES string of the molecule is CNC(=O)c1ccc2ccc(C(F)P(O)O)cc2c1. The van der Waals surface area contributed by atoms with Crippen LogP contribution >= 0.6 is 8.38 Å². The lowest BCUT2D eigenvalue weighted by Crippen LogP contribution is -2.17. The molecule has 3 N–H and O–H groups in total. The van der Waals surface area contributed by atoms with E-state index in [1.165, 1.54) is 19.2 Å². The quantitative estimate of drug-likeness (QED) is 0.757. The van der Waals surface area contributed by atoms with Crippen LogP contribution in [0.15, 0.2) is 36.4 Å². The van der Waals surface area contributed by atoms with Gasteiger partial charge < -0.3 is 15.1 Å². The largest absolute Gasteiger partial charge is 0.355 e. The molecule has 0 aliphatic rings. The van der Waals surface area contributed by atoms with Crippen molar-refractivity contribution in [2.45, 2.75) is 5.91 Å². The van der Waals surface area contributed by atoms with Gasteiger partial charge in [-0.05, 0) is 34.5 Å². The van der Waals surface area contributed by atoms with Gasteiger partial charge >= 0.3 is 0 Å². The first-order valence-electron chi connectivity index (χ1n) is 5.60. The number of carbonyl (C=O) groups excluding carboxylic acids is 1. The van der Waals surface area contributed by atoms with Crippen LogP contribution in [0.3, 0.4) is 0 Å². The highest BCUT2D eigenvalue weighted by molar-refractivity contribution is 7.45. The summed E-state index contributed by atoms with van der Waals surface area (Å²) in [5.41, 5.74) is 0.662. The van der Waals surface area contributed by atoms with Crippen LogP contribution in [-0.2, 0) is 0 Å². The standard InChI is InChI=1S/C13H13FNO3P/c1-15-13(16)10-5-3-8-2-4-9(6-11(8)7-10)12(14)19(17)18/h2-7,12,17-18H,1H3,(H,15,16). The molecule has 1 atom stereocenters. The number of alkyl halides is 1. The summed E-state index contributed by atoms with van der Waals surface area (Å²) in [5.74, 6) is -2.03. The van der Waals surface area contributed by atoms with E-state index in [2.05, 4.69) is 5.32 Å². The molecule has 4 nitrogen and oxygen atoms in total. The molecule has 0 aliphatic heterocycles. The van der Waals surface area contributed by atoms with Gasteiger partial charge in [0.25, 0.3) is 5.91 Å². The Bertz CT molecular complexity index is 618. The van der Waals surface area contributed by atoms with Gasteiger partial charge in [0.05, 0.1) is 0 Å². The fourth-order valence-corrected chi connectivity index (χ4v) is 2.26. The molecule has 0 radical (unpaired) electrons.